The van der Waals surface area contributed by atoms with Crippen molar-refractivity contribution in [2.75, 3.05) is 0 Å². The van der Waals surface area contributed by atoms with Crippen molar-refractivity contribution >= 4 is 5.97 Å². The minimum atomic E-state index is -0.262. The van der Waals surface area contributed by atoms with Crippen molar-refractivity contribution in [3.05, 3.63) is 53.3 Å². The third-order valence-corrected chi connectivity index (χ3v) is 2.79. The Kier molecular flexibility index (Phi) is 4.51. The van der Waals surface area contributed by atoms with E-state index in [9.17, 15) is 4.79 Å². The Morgan fingerprint density at radius 1 is 1.40 bits per heavy atom. The second kappa shape index (κ2) is 6.53. The quantitative estimate of drug-likeness (QED) is 0.780. The Hall–Kier alpha value is -2.61. The van der Waals surface area contributed by atoms with Crippen LogP contribution in [0, 0.1) is 18.3 Å². The first kappa shape index (κ1) is 13.8. The molecule has 1 heterocycles. The molecular weight excluding hydrogens is 254 g/mol. The number of nitrogens with zero attached hydrogens (tertiary/aromatic N) is 3. The number of esters is 1. The van der Waals surface area contributed by atoms with E-state index in [0.717, 1.165) is 11.1 Å². The summed E-state index contributed by atoms with van der Waals surface area (Å²) in [7, 11) is 0. The monoisotopic (exact) mass is 269 g/mol. The van der Waals surface area contributed by atoms with Gasteiger partial charge < -0.3 is 4.74 Å². The number of nitriles is 1. The fraction of sp³-hybridized carbons (Fsp3) is 0.267. The van der Waals surface area contributed by atoms with Gasteiger partial charge in [0.2, 0.25) is 0 Å². The van der Waals surface area contributed by atoms with E-state index >= 15 is 0 Å². The van der Waals surface area contributed by atoms with Gasteiger partial charge in [0.1, 0.15) is 6.61 Å². The Labute approximate surface area is 117 Å². The summed E-state index contributed by atoms with van der Waals surface area (Å²) >= 11 is 0. The molecule has 102 valence electrons. The van der Waals surface area contributed by atoms with Gasteiger partial charge >= 0.3 is 5.97 Å². The zero-order valence-electron chi connectivity index (χ0n) is 11.2. The summed E-state index contributed by atoms with van der Waals surface area (Å²) in [4.78, 5) is 11.6. The third-order valence-electron chi connectivity index (χ3n) is 2.79. The van der Waals surface area contributed by atoms with E-state index in [2.05, 4.69) is 5.10 Å². The zero-order valence-corrected chi connectivity index (χ0v) is 11.2. The Morgan fingerprint density at radius 3 is 2.75 bits per heavy atom. The number of aryl methyl sites for hydroxylation is 2. The molecule has 0 fully saturated rings. The van der Waals surface area contributed by atoms with Crippen molar-refractivity contribution in [3.8, 4) is 6.07 Å². The van der Waals surface area contributed by atoms with Crippen LogP contribution in [0.15, 0.2) is 36.7 Å². The van der Waals surface area contributed by atoms with Crippen LogP contribution < -0.4 is 0 Å². The van der Waals surface area contributed by atoms with Crippen LogP contribution in [-0.4, -0.2) is 15.7 Å². The minimum absolute atomic E-state index is 0.225. The smallest absolute Gasteiger partial charge is 0.308 e. The Morgan fingerprint density at radius 2 is 2.15 bits per heavy atom. The minimum Gasteiger partial charge on any atom is -0.461 e. The van der Waals surface area contributed by atoms with Crippen LogP contribution in [-0.2, 0) is 22.7 Å². The van der Waals surface area contributed by atoms with Gasteiger partial charge in [-0.15, -0.1) is 0 Å². The summed E-state index contributed by atoms with van der Waals surface area (Å²) in [5.41, 5.74) is 2.53. The molecule has 1 aromatic carbocycles. The molecule has 0 aliphatic rings. The SMILES string of the molecule is Cc1cnn(CCC(=O)OCc2ccc(C#N)cc2)c1. The maximum atomic E-state index is 11.6. The molecule has 0 N–H and O–H groups in total. The maximum Gasteiger partial charge on any atom is 0.308 e. The molecule has 0 amide bonds. The first-order valence-electron chi connectivity index (χ1n) is 6.31. The average Bonchev–Trinajstić information content (AvgIpc) is 2.89. The molecule has 0 saturated heterocycles. The number of aromatic nitrogens is 2. The van der Waals surface area contributed by atoms with Crippen LogP contribution in [0.25, 0.3) is 0 Å². The van der Waals surface area contributed by atoms with Crippen molar-refractivity contribution in [2.45, 2.75) is 26.5 Å². The second-order valence-corrected chi connectivity index (χ2v) is 4.50. The first-order valence-corrected chi connectivity index (χ1v) is 6.31. The molecule has 0 aliphatic carbocycles. The van der Waals surface area contributed by atoms with E-state index in [1.54, 1.807) is 35.1 Å². The zero-order chi connectivity index (χ0) is 14.4. The lowest BCUT2D eigenvalue weighted by atomic mass is 10.2. The van der Waals surface area contributed by atoms with E-state index in [-0.39, 0.29) is 19.0 Å². The predicted octanol–water partition coefficient (Wildman–Crippen LogP) is 2.20. The van der Waals surface area contributed by atoms with Crippen molar-refractivity contribution in [2.24, 2.45) is 0 Å². The predicted molar refractivity (Wildman–Crippen MR) is 72.5 cm³/mol. The fourth-order valence-electron chi connectivity index (χ4n) is 1.71. The molecule has 0 bridgehead atoms. The lowest BCUT2D eigenvalue weighted by Gasteiger charge is -2.05. The first-order chi connectivity index (χ1) is 9.67. The Balaban J connectivity index is 1.75. The molecule has 5 heteroatoms. The van der Waals surface area contributed by atoms with E-state index < -0.39 is 0 Å². The highest BCUT2D eigenvalue weighted by molar-refractivity contribution is 5.69. The lowest BCUT2D eigenvalue weighted by molar-refractivity contribution is -0.145. The largest absolute Gasteiger partial charge is 0.461 e. The van der Waals surface area contributed by atoms with Gasteiger partial charge in [0, 0.05) is 6.20 Å². The molecule has 20 heavy (non-hydrogen) atoms. The maximum absolute atomic E-state index is 11.6. The van der Waals surface area contributed by atoms with E-state index in [0.29, 0.717) is 12.1 Å². The number of hydrogen-bond acceptors (Lipinski definition) is 4. The summed E-state index contributed by atoms with van der Waals surface area (Å²) in [5, 5.41) is 12.8. The van der Waals surface area contributed by atoms with Gasteiger partial charge in [-0.05, 0) is 30.2 Å². The topological polar surface area (TPSA) is 67.9 Å². The van der Waals surface area contributed by atoms with Gasteiger partial charge in [-0.3, -0.25) is 9.48 Å². The summed E-state index contributed by atoms with van der Waals surface area (Å²) in [5.74, 6) is -0.262. The van der Waals surface area contributed by atoms with Gasteiger partial charge in [0.25, 0.3) is 0 Å². The lowest BCUT2D eigenvalue weighted by Crippen LogP contribution is -2.09. The number of benzene rings is 1. The molecule has 0 atom stereocenters. The summed E-state index contributed by atoms with van der Waals surface area (Å²) in [6.45, 7) is 2.69. The van der Waals surface area contributed by atoms with Crippen LogP contribution in [0.3, 0.4) is 0 Å². The molecule has 1 aromatic heterocycles. The molecule has 5 nitrogen and oxygen atoms in total. The van der Waals surface area contributed by atoms with Crippen molar-refractivity contribution < 1.29 is 9.53 Å². The second-order valence-electron chi connectivity index (χ2n) is 4.50. The summed E-state index contributed by atoms with van der Waals surface area (Å²) in [6, 6.07) is 9.01. The molecule has 0 unspecified atom stereocenters. The van der Waals surface area contributed by atoms with Crippen molar-refractivity contribution in [1.82, 2.24) is 9.78 Å². The summed E-state index contributed by atoms with van der Waals surface area (Å²) in [6.07, 6.45) is 3.92. The van der Waals surface area contributed by atoms with Gasteiger partial charge in [-0.2, -0.15) is 10.4 Å². The van der Waals surface area contributed by atoms with Gasteiger partial charge in [0.15, 0.2) is 0 Å². The van der Waals surface area contributed by atoms with Gasteiger partial charge in [-0.25, -0.2) is 0 Å². The number of ether oxygens (including phenoxy) is 1. The number of rotatable bonds is 5. The van der Waals surface area contributed by atoms with Crippen molar-refractivity contribution in [3.63, 3.8) is 0 Å². The van der Waals surface area contributed by atoms with Crippen LogP contribution in [0.5, 0.6) is 0 Å². The molecule has 0 aliphatic heterocycles. The van der Waals surface area contributed by atoms with Gasteiger partial charge in [0.05, 0.1) is 30.8 Å². The normalized spacial score (nSPS) is 10.0. The number of carbonyl (C=O) groups is 1. The fourth-order valence-corrected chi connectivity index (χ4v) is 1.71. The van der Waals surface area contributed by atoms with Crippen LogP contribution in [0.1, 0.15) is 23.1 Å². The molecule has 0 saturated carbocycles. The van der Waals surface area contributed by atoms with Gasteiger partial charge in [-0.1, -0.05) is 12.1 Å². The molecule has 2 rings (SSSR count). The average molecular weight is 269 g/mol. The van der Waals surface area contributed by atoms with Crippen molar-refractivity contribution in [1.29, 1.82) is 5.26 Å². The number of carbonyl (C=O) groups excluding carboxylic acids is 1. The third kappa shape index (κ3) is 3.95. The molecule has 0 spiro atoms. The van der Waals surface area contributed by atoms with Crippen LogP contribution >= 0.6 is 0 Å². The molecular formula is C15H15N3O2. The van der Waals surface area contributed by atoms with Crippen LogP contribution in [0.4, 0.5) is 0 Å². The molecule has 2 aromatic rings. The highest BCUT2D eigenvalue weighted by Gasteiger charge is 2.05. The highest BCUT2D eigenvalue weighted by atomic mass is 16.5. The molecule has 0 radical (unpaired) electrons. The van der Waals surface area contributed by atoms with E-state index in [1.165, 1.54) is 0 Å². The number of hydrogen-bond donors (Lipinski definition) is 0. The Bertz CT molecular complexity index is 623. The highest BCUT2D eigenvalue weighted by Crippen LogP contribution is 2.06. The van der Waals surface area contributed by atoms with E-state index in [1.807, 2.05) is 19.2 Å². The summed E-state index contributed by atoms with van der Waals surface area (Å²) < 4.78 is 6.89. The van der Waals surface area contributed by atoms with Crippen LogP contribution in [0.2, 0.25) is 0 Å². The standard InChI is InChI=1S/C15H15N3O2/c1-12-9-17-18(10-12)7-6-15(19)20-11-14-4-2-13(8-16)3-5-14/h2-5,9-10H,6-7,11H2,1H3. The van der Waals surface area contributed by atoms with E-state index in [4.69, 9.17) is 10.00 Å².